The first-order chi connectivity index (χ1) is 9.65. The number of aliphatic imine (C=N–C) groups is 1. The predicted octanol–water partition coefficient (Wildman–Crippen LogP) is 5.42. The summed E-state index contributed by atoms with van der Waals surface area (Å²) in [6.07, 6.45) is 5.50. The van der Waals surface area contributed by atoms with Gasteiger partial charge in [0.1, 0.15) is 0 Å². The monoisotopic (exact) mass is 267 g/mol. The molecule has 0 N–H and O–H groups in total. The van der Waals surface area contributed by atoms with Crippen LogP contribution in [0.15, 0.2) is 46.0 Å². The molecule has 1 heteroatoms. The van der Waals surface area contributed by atoms with Crippen LogP contribution in [0.4, 0.5) is 0 Å². The molecule has 1 aromatic carbocycles. The number of unbranched alkanes of at least 4 members (excludes halogenated alkanes) is 1. The van der Waals surface area contributed by atoms with Gasteiger partial charge in [0.25, 0.3) is 0 Å². The van der Waals surface area contributed by atoms with Crippen molar-refractivity contribution in [2.45, 2.75) is 47.0 Å². The molecule has 1 aliphatic rings. The van der Waals surface area contributed by atoms with Crippen LogP contribution in [0.3, 0.4) is 0 Å². The van der Waals surface area contributed by atoms with Gasteiger partial charge in [-0.05, 0) is 61.5 Å². The smallest absolute Gasteiger partial charge is 0.0389 e. The second-order valence-electron chi connectivity index (χ2n) is 5.66. The number of rotatable bonds is 5. The zero-order valence-electron chi connectivity index (χ0n) is 13.2. The van der Waals surface area contributed by atoms with Crippen molar-refractivity contribution >= 4 is 11.8 Å². The summed E-state index contributed by atoms with van der Waals surface area (Å²) in [6.45, 7) is 9.85. The highest BCUT2D eigenvalue weighted by Crippen LogP contribution is 2.38. The van der Waals surface area contributed by atoms with E-state index in [1.54, 1.807) is 0 Å². The van der Waals surface area contributed by atoms with Crippen molar-refractivity contribution in [1.82, 2.24) is 0 Å². The highest BCUT2D eigenvalue weighted by molar-refractivity contribution is 5.91. The molecule has 106 valence electrons. The van der Waals surface area contributed by atoms with Crippen LogP contribution >= 0.6 is 0 Å². The van der Waals surface area contributed by atoms with Crippen molar-refractivity contribution in [3.8, 4) is 0 Å². The first-order valence-electron chi connectivity index (χ1n) is 7.60. The average molecular weight is 267 g/mol. The number of allylic oxidation sites excluding steroid dienone is 4. The maximum Gasteiger partial charge on any atom is 0.0389 e. The van der Waals surface area contributed by atoms with E-state index in [-0.39, 0.29) is 0 Å². The van der Waals surface area contributed by atoms with E-state index in [2.05, 4.69) is 57.0 Å². The SMILES string of the molecule is CCCCN=Cc1ccccc1C1=C(C)C(C)=C(C)C1. The molecule has 0 saturated carbocycles. The third kappa shape index (κ3) is 3.09. The van der Waals surface area contributed by atoms with E-state index in [1.807, 2.05) is 6.21 Å². The quantitative estimate of drug-likeness (QED) is 0.499. The van der Waals surface area contributed by atoms with Gasteiger partial charge < -0.3 is 0 Å². The Bertz CT molecular complexity index is 573. The lowest BCUT2D eigenvalue weighted by molar-refractivity contribution is 0.810. The number of hydrogen-bond donors (Lipinski definition) is 0. The van der Waals surface area contributed by atoms with Gasteiger partial charge in [-0.1, -0.05) is 43.2 Å². The second-order valence-corrected chi connectivity index (χ2v) is 5.66. The fourth-order valence-electron chi connectivity index (χ4n) is 2.67. The van der Waals surface area contributed by atoms with Crippen molar-refractivity contribution in [2.24, 2.45) is 4.99 Å². The summed E-state index contributed by atoms with van der Waals surface area (Å²) in [5, 5.41) is 0. The molecule has 1 nitrogen and oxygen atoms in total. The maximum absolute atomic E-state index is 4.57. The van der Waals surface area contributed by atoms with Crippen LogP contribution in [0.5, 0.6) is 0 Å². The Morgan fingerprint density at radius 2 is 1.85 bits per heavy atom. The molecule has 1 aliphatic carbocycles. The largest absolute Gasteiger partial charge is 0.293 e. The zero-order valence-corrected chi connectivity index (χ0v) is 13.2. The zero-order chi connectivity index (χ0) is 14.5. The Morgan fingerprint density at radius 3 is 2.50 bits per heavy atom. The number of nitrogens with zero attached hydrogens (tertiary/aromatic N) is 1. The van der Waals surface area contributed by atoms with Gasteiger partial charge in [-0.15, -0.1) is 0 Å². The molecule has 0 saturated heterocycles. The van der Waals surface area contributed by atoms with Crippen LogP contribution in [-0.2, 0) is 0 Å². The Kier molecular flexibility index (Phi) is 4.94. The summed E-state index contributed by atoms with van der Waals surface area (Å²) in [5.74, 6) is 0. The first kappa shape index (κ1) is 14.8. The minimum absolute atomic E-state index is 0.930. The second kappa shape index (κ2) is 6.69. The van der Waals surface area contributed by atoms with Crippen molar-refractivity contribution in [1.29, 1.82) is 0 Å². The highest BCUT2D eigenvalue weighted by atomic mass is 14.7. The van der Waals surface area contributed by atoms with E-state index >= 15 is 0 Å². The van der Waals surface area contributed by atoms with E-state index in [1.165, 1.54) is 46.3 Å². The minimum atomic E-state index is 0.930. The maximum atomic E-state index is 4.57. The van der Waals surface area contributed by atoms with Crippen LogP contribution < -0.4 is 0 Å². The summed E-state index contributed by atoms with van der Waals surface area (Å²) in [5.41, 5.74) is 8.46. The van der Waals surface area contributed by atoms with Gasteiger partial charge in [-0.25, -0.2) is 0 Å². The molecule has 0 radical (unpaired) electrons. The van der Waals surface area contributed by atoms with E-state index in [9.17, 15) is 0 Å². The molecule has 0 unspecified atom stereocenters. The predicted molar refractivity (Wildman–Crippen MR) is 89.4 cm³/mol. The first-order valence-corrected chi connectivity index (χ1v) is 7.60. The summed E-state index contributed by atoms with van der Waals surface area (Å²) in [4.78, 5) is 4.57. The van der Waals surface area contributed by atoms with Crippen molar-refractivity contribution in [3.05, 3.63) is 52.1 Å². The summed E-state index contributed by atoms with van der Waals surface area (Å²) >= 11 is 0. The third-order valence-electron chi connectivity index (χ3n) is 4.25. The minimum Gasteiger partial charge on any atom is -0.293 e. The molecule has 0 spiro atoms. The number of hydrogen-bond acceptors (Lipinski definition) is 1. The van der Waals surface area contributed by atoms with Gasteiger partial charge >= 0.3 is 0 Å². The Balaban J connectivity index is 2.28. The van der Waals surface area contributed by atoms with Gasteiger partial charge in [0.05, 0.1) is 0 Å². The van der Waals surface area contributed by atoms with E-state index in [0.717, 1.165) is 13.0 Å². The Hall–Kier alpha value is -1.63. The molecule has 0 aromatic heterocycles. The van der Waals surface area contributed by atoms with Crippen molar-refractivity contribution in [3.63, 3.8) is 0 Å². The fraction of sp³-hybridized carbons (Fsp3) is 0.421. The molecule has 20 heavy (non-hydrogen) atoms. The Morgan fingerprint density at radius 1 is 1.10 bits per heavy atom. The van der Waals surface area contributed by atoms with Crippen molar-refractivity contribution in [2.75, 3.05) is 6.54 Å². The molecular formula is C19H25N. The van der Waals surface area contributed by atoms with Crippen molar-refractivity contribution < 1.29 is 0 Å². The van der Waals surface area contributed by atoms with Crippen LogP contribution in [0.25, 0.3) is 5.57 Å². The van der Waals surface area contributed by atoms with Gasteiger partial charge in [-0.2, -0.15) is 0 Å². The normalized spacial score (nSPS) is 15.8. The molecule has 2 rings (SSSR count). The lowest BCUT2D eigenvalue weighted by Crippen LogP contribution is -1.94. The molecule has 0 amide bonds. The molecule has 0 bridgehead atoms. The molecule has 0 fully saturated rings. The van der Waals surface area contributed by atoms with Crippen LogP contribution in [0.1, 0.15) is 58.1 Å². The number of benzene rings is 1. The van der Waals surface area contributed by atoms with E-state index in [0.29, 0.717) is 0 Å². The summed E-state index contributed by atoms with van der Waals surface area (Å²) < 4.78 is 0. The Labute approximate surface area is 123 Å². The van der Waals surface area contributed by atoms with E-state index < -0.39 is 0 Å². The topological polar surface area (TPSA) is 12.4 Å². The molecule has 0 aliphatic heterocycles. The average Bonchev–Trinajstić information content (AvgIpc) is 2.72. The lowest BCUT2D eigenvalue weighted by Gasteiger charge is -2.09. The van der Waals surface area contributed by atoms with Gasteiger partial charge in [0, 0.05) is 12.8 Å². The molecule has 0 atom stereocenters. The van der Waals surface area contributed by atoms with E-state index in [4.69, 9.17) is 0 Å². The van der Waals surface area contributed by atoms with Gasteiger partial charge in [0.15, 0.2) is 0 Å². The highest BCUT2D eigenvalue weighted by Gasteiger charge is 2.18. The standard InChI is InChI=1S/C19H25N/c1-5-6-11-20-13-17-9-7-8-10-18(17)19-12-14(2)15(3)16(19)4/h7-10,13H,5-6,11-12H2,1-4H3. The summed E-state index contributed by atoms with van der Waals surface area (Å²) in [7, 11) is 0. The molecular weight excluding hydrogens is 242 g/mol. The van der Waals surface area contributed by atoms with Crippen LogP contribution in [0.2, 0.25) is 0 Å². The summed E-state index contributed by atoms with van der Waals surface area (Å²) in [6, 6.07) is 8.63. The van der Waals surface area contributed by atoms with Gasteiger partial charge in [0.2, 0.25) is 0 Å². The van der Waals surface area contributed by atoms with Crippen LogP contribution in [0, 0.1) is 0 Å². The van der Waals surface area contributed by atoms with Gasteiger partial charge in [-0.3, -0.25) is 4.99 Å². The fourth-order valence-corrected chi connectivity index (χ4v) is 2.67. The lowest BCUT2D eigenvalue weighted by atomic mass is 9.96. The van der Waals surface area contributed by atoms with Crippen LogP contribution in [-0.4, -0.2) is 12.8 Å². The molecule has 0 heterocycles. The third-order valence-corrected chi connectivity index (χ3v) is 4.25. The molecule has 1 aromatic rings.